The molecule has 2 fully saturated rings. The zero-order valence-corrected chi connectivity index (χ0v) is 12.9. The third-order valence-corrected chi connectivity index (χ3v) is 4.20. The van der Waals surface area contributed by atoms with Crippen molar-refractivity contribution in [3.8, 4) is 5.75 Å². The van der Waals surface area contributed by atoms with E-state index in [9.17, 15) is 14.0 Å². The molecule has 0 aromatic heterocycles. The molecule has 6 nitrogen and oxygen atoms in total. The zero-order valence-electron chi connectivity index (χ0n) is 12.9. The highest BCUT2D eigenvalue weighted by molar-refractivity contribution is 5.81. The van der Waals surface area contributed by atoms with Crippen molar-refractivity contribution in [2.75, 3.05) is 26.2 Å². The first-order valence-corrected chi connectivity index (χ1v) is 7.69. The van der Waals surface area contributed by atoms with Crippen molar-refractivity contribution in [3.05, 3.63) is 30.1 Å². The first-order valence-electron chi connectivity index (χ1n) is 7.69. The van der Waals surface area contributed by atoms with Crippen molar-refractivity contribution < 1.29 is 23.5 Å². The Morgan fingerprint density at radius 2 is 2.17 bits per heavy atom. The van der Waals surface area contributed by atoms with E-state index in [2.05, 4.69) is 0 Å². The van der Waals surface area contributed by atoms with Crippen LogP contribution in [0.2, 0.25) is 0 Å². The lowest BCUT2D eigenvalue weighted by Crippen LogP contribution is -2.43. The Balaban J connectivity index is 1.58. The number of benzene rings is 1. The van der Waals surface area contributed by atoms with Gasteiger partial charge in [-0.1, -0.05) is 12.1 Å². The zero-order chi connectivity index (χ0) is 16.4. The van der Waals surface area contributed by atoms with Gasteiger partial charge < -0.3 is 14.4 Å². The lowest BCUT2D eigenvalue weighted by atomic mass is 10.2. The van der Waals surface area contributed by atoms with Crippen LogP contribution in [0, 0.1) is 5.82 Å². The molecule has 1 aromatic rings. The second-order valence-corrected chi connectivity index (χ2v) is 5.73. The number of ether oxygens (including phenoxy) is 2. The van der Waals surface area contributed by atoms with Gasteiger partial charge in [-0.3, -0.25) is 9.69 Å². The number of hydrogen-bond acceptors (Lipinski definition) is 4. The van der Waals surface area contributed by atoms with Crippen molar-refractivity contribution in [2.24, 2.45) is 0 Å². The van der Waals surface area contributed by atoms with Gasteiger partial charge in [0.25, 0.3) is 5.91 Å². The molecule has 7 heteroatoms. The maximum atomic E-state index is 13.6. The molecule has 0 radical (unpaired) electrons. The van der Waals surface area contributed by atoms with Gasteiger partial charge in [0.2, 0.25) is 0 Å². The molecule has 23 heavy (non-hydrogen) atoms. The fraction of sp³-hybridized carbons (Fsp3) is 0.500. The summed E-state index contributed by atoms with van der Waals surface area (Å²) >= 11 is 0. The maximum absolute atomic E-state index is 13.6. The van der Waals surface area contributed by atoms with Gasteiger partial charge in [0.05, 0.1) is 12.6 Å². The quantitative estimate of drug-likeness (QED) is 0.846. The Hall–Kier alpha value is -2.31. The number of cyclic esters (lactones) is 1. The average Bonchev–Trinajstić information content (AvgIpc) is 3.17. The molecule has 0 spiro atoms. The van der Waals surface area contributed by atoms with E-state index in [4.69, 9.17) is 9.47 Å². The largest absolute Gasteiger partial charge is 0.478 e. The second kappa shape index (κ2) is 6.44. The van der Waals surface area contributed by atoms with Crippen LogP contribution in [0.3, 0.4) is 0 Å². The predicted molar refractivity (Wildman–Crippen MR) is 79.5 cm³/mol. The number of nitrogens with zero attached hydrogens (tertiary/aromatic N) is 2. The first kappa shape index (κ1) is 15.6. The van der Waals surface area contributed by atoms with Gasteiger partial charge in [-0.15, -0.1) is 0 Å². The fourth-order valence-corrected chi connectivity index (χ4v) is 2.97. The summed E-state index contributed by atoms with van der Waals surface area (Å²) in [6, 6.07) is 5.98. The van der Waals surface area contributed by atoms with Gasteiger partial charge in [-0.05, 0) is 25.5 Å². The Labute approximate surface area is 133 Å². The monoisotopic (exact) mass is 322 g/mol. The van der Waals surface area contributed by atoms with Crippen molar-refractivity contribution in [1.82, 2.24) is 9.80 Å². The number of hydrogen-bond donors (Lipinski definition) is 0. The predicted octanol–water partition coefficient (Wildman–Crippen LogP) is 1.65. The molecule has 2 heterocycles. The normalized spacial score (nSPS) is 22.2. The number of amides is 2. The third-order valence-electron chi connectivity index (χ3n) is 4.20. The van der Waals surface area contributed by atoms with Crippen molar-refractivity contribution in [1.29, 1.82) is 0 Å². The standard InChI is InChI=1S/C16H19FN2O4/c1-11(23-14-5-3-2-4-13(14)17)15(20)18-7-6-12(10-18)19-8-9-22-16(19)21/h2-5,11-12H,6-10H2,1H3. The Bertz CT molecular complexity index is 609. The molecule has 0 N–H and O–H groups in total. The van der Waals surface area contributed by atoms with Crippen LogP contribution < -0.4 is 4.74 Å². The van der Waals surface area contributed by atoms with E-state index in [0.717, 1.165) is 0 Å². The molecule has 2 amide bonds. The summed E-state index contributed by atoms with van der Waals surface area (Å²) in [5.74, 6) is -0.637. The number of likely N-dealkylation sites (tertiary alicyclic amines) is 1. The highest BCUT2D eigenvalue weighted by atomic mass is 19.1. The highest BCUT2D eigenvalue weighted by Crippen LogP contribution is 2.22. The molecule has 1 aromatic carbocycles. The van der Waals surface area contributed by atoms with Crippen LogP contribution in [-0.4, -0.2) is 60.2 Å². The molecule has 3 rings (SSSR count). The third kappa shape index (κ3) is 3.23. The molecule has 2 saturated heterocycles. The second-order valence-electron chi connectivity index (χ2n) is 5.73. The molecular weight excluding hydrogens is 303 g/mol. The molecule has 124 valence electrons. The summed E-state index contributed by atoms with van der Waals surface area (Å²) in [7, 11) is 0. The summed E-state index contributed by atoms with van der Waals surface area (Å²) in [6.07, 6.45) is -0.385. The van der Waals surface area contributed by atoms with Crippen LogP contribution in [0.25, 0.3) is 0 Å². The molecule has 0 saturated carbocycles. The van der Waals surface area contributed by atoms with E-state index in [1.807, 2.05) is 0 Å². The fourth-order valence-electron chi connectivity index (χ4n) is 2.97. The van der Waals surface area contributed by atoms with Crippen molar-refractivity contribution in [2.45, 2.75) is 25.5 Å². The van der Waals surface area contributed by atoms with Crippen LogP contribution in [-0.2, 0) is 9.53 Å². The van der Waals surface area contributed by atoms with E-state index in [0.29, 0.717) is 32.7 Å². The minimum atomic E-state index is -0.781. The lowest BCUT2D eigenvalue weighted by Gasteiger charge is -2.24. The van der Waals surface area contributed by atoms with Crippen LogP contribution in [0.15, 0.2) is 24.3 Å². The molecule has 2 aliphatic rings. The lowest BCUT2D eigenvalue weighted by molar-refractivity contribution is -0.137. The molecule has 2 atom stereocenters. The van der Waals surface area contributed by atoms with E-state index >= 15 is 0 Å². The Morgan fingerprint density at radius 3 is 2.87 bits per heavy atom. The number of rotatable bonds is 4. The number of carbonyl (C=O) groups is 2. The Morgan fingerprint density at radius 1 is 1.39 bits per heavy atom. The van der Waals surface area contributed by atoms with E-state index < -0.39 is 11.9 Å². The van der Waals surface area contributed by atoms with Gasteiger partial charge in [0, 0.05) is 13.1 Å². The average molecular weight is 322 g/mol. The van der Waals surface area contributed by atoms with Gasteiger partial charge >= 0.3 is 6.09 Å². The smallest absolute Gasteiger partial charge is 0.410 e. The summed E-state index contributed by atoms with van der Waals surface area (Å²) < 4.78 is 24.0. The van der Waals surface area contributed by atoms with E-state index in [-0.39, 0.29) is 23.8 Å². The summed E-state index contributed by atoms with van der Waals surface area (Å²) in [5.41, 5.74) is 0. The van der Waals surface area contributed by atoms with Gasteiger partial charge in [0.1, 0.15) is 6.61 Å². The van der Waals surface area contributed by atoms with E-state index in [1.54, 1.807) is 28.9 Å². The molecular formula is C16H19FN2O4. The molecule has 2 unspecified atom stereocenters. The molecule has 2 aliphatic heterocycles. The van der Waals surface area contributed by atoms with Gasteiger partial charge in [0.15, 0.2) is 17.7 Å². The number of halogens is 1. The summed E-state index contributed by atoms with van der Waals surface area (Å²) in [6.45, 7) is 3.58. The van der Waals surface area contributed by atoms with Crippen LogP contribution in [0.4, 0.5) is 9.18 Å². The van der Waals surface area contributed by atoms with Crippen molar-refractivity contribution >= 4 is 12.0 Å². The Kier molecular flexibility index (Phi) is 4.36. The first-order chi connectivity index (χ1) is 11.1. The minimum Gasteiger partial charge on any atom is -0.478 e. The van der Waals surface area contributed by atoms with Gasteiger partial charge in [-0.25, -0.2) is 9.18 Å². The summed E-state index contributed by atoms with van der Waals surface area (Å²) in [4.78, 5) is 27.3. The number of para-hydroxylation sites is 1. The minimum absolute atomic E-state index is 0.0189. The summed E-state index contributed by atoms with van der Waals surface area (Å²) in [5, 5.41) is 0. The highest BCUT2D eigenvalue weighted by Gasteiger charge is 2.37. The topological polar surface area (TPSA) is 59.1 Å². The SMILES string of the molecule is CC(Oc1ccccc1F)C(=O)N1CCC(N2CCOC2=O)C1. The molecule has 0 bridgehead atoms. The van der Waals surface area contributed by atoms with E-state index in [1.165, 1.54) is 12.1 Å². The van der Waals surface area contributed by atoms with Crippen LogP contribution >= 0.6 is 0 Å². The van der Waals surface area contributed by atoms with Crippen molar-refractivity contribution in [3.63, 3.8) is 0 Å². The number of carbonyl (C=O) groups excluding carboxylic acids is 2. The maximum Gasteiger partial charge on any atom is 0.410 e. The van der Waals surface area contributed by atoms with Gasteiger partial charge in [-0.2, -0.15) is 0 Å². The molecule has 0 aliphatic carbocycles. The van der Waals surface area contributed by atoms with Crippen LogP contribution in [0.1, 0.15) is 13.3 Å². The van der Waals surface area contributed by atoms with Crippen LogP contribution in [0.5, 0.6) is 5.75 Å².